The molecule has 0 aliphatic heterocycles. The van der Waals surface area contributed by atoms with Gasteiger partial charge in [-0.05, 0) is 59.1 Å². The average molecular weight is 495 g/mol. The normalized spacial score (nSPS) is 10.4. The van der Waals surface area contributed by atoms with Crippen LogP contribution in [0.15, 0.2) is 86.0 Å². The van der Waals surface area contributed by atoms with Crippen molar-refractivity contribution < 1.29 is 0 Å². The maximum Gasteiger partial charge on any atom is -0.00230 e. The SMILES string of the molecule is C=Cc1ccc(CCCCCCCCCCCC)cc1.C=Cc1ccc(Cc2ccccc2CC)cc1. The number of hydrogen-bond donors (Lipinski definition) is 0. The van der Waals surface area contributed by atoms with Gasteiger partial charge < -0.3 is 0 Å². The lowest BCUT2D eigenvalue weighted by molar-refractivity contribution is 0.556. The Morgan fingerprint density at radius 3 is 1.46 bits per heavy atom. The van der Waals surface area contributed by atoms with Gasteiger partial charge in [-0.3, -0.25) is 0 Å². The molecule has 0 amide bonds. The van der Waals surface area contributed by atoms with Gasteiger partial charge in [0.15, 0.2) is 0 Å². The molecule has 0 fully saturated rings. The Morgan fingerprint density at radius 1 is 0.514 bits per heavy atom. The van der Waals surface area contributed by atoms with Crippen molar-refractivity contribution in [1.29, 1.82) is 0 Å². The summed E-state index contributed by atoms with van der Waals surface area (Å²) < 4.78 is 0. The molecule has 0 saturated carbocycles. The zero-order valence-corrected chi connectivity index (χ0v) is 23.7. The number of unbranched alkanes of at least 4 members (excludes halogenated alkanes) is 9. The summed E-state index contributed by atoms with van der Waals surface area (Å²) in [6.07, 6.45) is 21.3. The fourth-order valence-corrected chi connectivity index (χ4v) is 4.70. The molecule has 3 aromatic rings. The maximum atomic E-state index is 3.79. The molecule has 0 N–H and O–H groups in total. The van der Waals surface area contributed by atoms with E-state index in [0.717, 1.165) is 12.8 Å². The van der Waals surface area contributed by atoms with Gasteiger partial charge in [0.2, 0.25) is 0 Å². The Labute approximate surface area is 228 Å². The van der Waals surface area contributed by atoms with E-state index in [1.165, 1.54) is 104 Å². The molecule has 0 unspecified atom stereocenters. The highest BCUT2D eigenvalue weighted by atomic mass is 14.1. The van der Waals surface area contributed by atoms with Crippen LogP contribution < -0.4 is 0 Å². The lowest BCUT2D eigenvalue weighted by atomic mass is 9.98. The van der Waals surface area contributed by atoms with E-state index in [-0.39, 0.29) is 0 Å². The van der Waals surface area contributed by atoms with Crippen LogP contribution in [0, 0.1) is 0 Å². The Hall–Kier alpha value is -2.86. The monoisotopic (exact) mass is 494 g/mol. The van der Waals surface area contributed by atoms with Crippen molar-refractivity contribution in [3.05, 3.63) is 119 Å². The third-order valence-corrected chi connectivity index (χ3v) is 7.14. The van der Waals surface area contributed by atoms with E-state index in [2.05, 4.69) is 99.8 Å². The van der Waals surface area contributed by atoms with Crippen LogP contribution in [0.5, 0.6) is 0 Å². The van der Waals surface area contributed by atoms with Gasteiger partial charge in [-0.15, -0.1) is 0 Å². The molecule has 0 atom stereocenters. The Kier molecular flexibility index (Phi) is 15.8. The summed E-state index contributed by atoms with van der Waals surface area (Å²) in [5.41, 5.74) is 8.10. The summed E-state index contributed by atoms with van der Waals surface area (Å²) in [5.74, 6) is 0. The quantitative estimate of drug-likeness (QED) is 0.174. The van der Waals surface area contributed by atoms with Gasteiger partial charge in [-0.25, -0.2) is 0 Å². The molecule has 0 saturated heterocycles. The van der Waals surface area contributed by atoms with E-state index in [1.807, 2.05) is 12.2 Å². The van der Waals surface area contributed by atoms with Gasteiger partial charge in [0.25, 0.3) is 0 Å². The molecule has 0 spiro atoms. The second-order valence-electron chi connectivity index (χ2n) is 10.1. The number of aryl methyl sites for hydroxylation is 2. The summed E-state index contributed by atoms with van der Waals surface area (Å²) in [7, 11) is 0. The summed E-state index contributed by atoms with van der Waals surface area (Å²) in [4.78, 5) is 0. The number of hydrogen-bond acceptors (Lipinski definition) is 0. The van der Waals surface area contributed by atoms with Crippen molar-refractivity contribution in [2.24, 2.45) is 0 Å². The lowest BCUT2D eigenvalue weighted by Gasteiger charge is -2.07. The molecule has 0 radical (unpaired) electrons. The van der Waals surface area contributed by atoms with E-state index in [1.54, 1.807) is 0 Å². The Morgan fingerprint density at radius 2 is 0.973 bits per heavy atom. The highest BCUT2D eigenvalue weighted by Gasteiger charge is 2.01. The standard InChI is InChI=1S/C20H32.C17H18/c1-3-5-6-7-8-9-10-11-12-13-14-20-17-15-19(4-2)16-18-20;1-3-14-9-11-15(12-10-14)13-17-8-6-5-7-16(17)4-2/h4,15-18H,2-3,5-14H2,1H3;3,5-12H,1,4,13H2,2H3. The van der Waals surface area contributed by atoms with Gasteiger partial charge in [-0.2, -0.15) is 0 Å². The van der Waals surface area contributed by atoms with Crippen molar-refractivity contribution in [2.75, 3.05) is 0 Å². The van der Waals surface area contributed by atoms with Crippen molar-refractivity contribution in [3.63, 3.8) is 0 Å². The zero-order valence-electron chi connectivity index (χ0n) is 23.7. The molecule has 0 aromatic heterocycles. The fraction of sp³-hybridized carbons (Fsp3) is 0.405. The first-order valence-electron chi connectivity index (χ1n) is 14.7. The van der Waals surface area contributed by atoms with Gasteiger partial charge >= 0.3 is 0 Å². The predicted molar refractivity (Wildman–Crippen MR) is 167 cm³/mol. The Bertz CT molecular complexity index is 991. The molecule has 0 heteroatoms. The van der Waals surface area contributed by atoms with Crippen LogP contribution in [0.1, 0.15) is 111 Å². The Balaban J connectivity index is 0.000000263. The third-order valence-electron chi connectivity index (χ3n) is 7.14. The van der Waals surface area contributed by atoms with Crippen LogP contribution in [0.3, 0.4) is 0 Å². The van der Waals surface area contributed by atoms with Gasteiger partial charge in [0, 0.05) is 0 Å². The minimum atomic E-state index is 1.02. The molecular weight excluding hydrogens is 444 g/mol. The molecule has 0 aliphatic rings. The van der Waals surface area contributed by atoms with E-state index in [4.69, 9.17) is 0 Å². The first-order valence-corrected chi connectivity index (χ1v) is 14.7. The van der Waals surface area contributed by atoms with Crippen LogP contribution in [-0.4, -0.2) is 0 Å². The minimum Gasteiger partial charge on any atom is -0.0985 e. The van der Waals surface area contributed by atoms with Crippen LogP contribution in [0.2, 0.25) is 0 Å². The molecule has 37 heavy (non-hydrogen) atoms. The lowest BCUT2D eigenvalue weighted by Crippen LogP contribution is -1.94. The van der Waals surface area contributed by atoms with E-state index in [0.29, 0.717) is 0 Å². The predicted octanol–water partition coefficient (Wildman–Crippen LogP) is 11.3. The van der Waals surface area contributed by atoms with Crippen molar-refractivity contribution >= 4 is 12.2 Å². The number of rotatable bonds is 16. The van der Waals surface area contributed by atoms with Crippen LogP contribution in [0.25, 0.3) is 12.2 Å². The summed E-state index contributed by atoms with van der Waals surface area (Å²) >= 11 is 0. The van der Waals surface area contributed by atoms with Crippen LogP contribution in [-0.2, 0) is 19.3 Å². The summed E-state index contributed by atoms with van der Waals surface area (Å²) in [6.45, 7) is 12.1. The molecule has 198 valence electrons. The summed E-state index contributed by atoms with van der Waals surface area (Å²) in [5, 5.41) is 0. The van der Waals surface area contributed by atoms with Gasteiger partial charge in [0.1, 0.15) is 0 Å². The second kappa shape index (κ2) is 19.3. The fourth-order valence-electron chi connectivity index (χ4n) is 4.70. The van der Waals surface area contributed by atoms with E-state index in [9.17, 15) is 0 Å². The molecule has 3 aromatic carbocycles. The smallest absolute Gasteiger partial charge is 0.00230 e. The maximum absolute atomic E-state index is 3.79. The molecule has 0 aliphatic carbocycles. The first-order chi connectivity index (χ1) is 18.2. The highest BCUT2D eigenvalue weighted by molar-refractivity contribution is 5.48. The topological polar surface area (TPSA) is 0 Å². The van der Waals surface area contributed by atoms with Crippen molar-refractivity contribution in [3.8, 4) is 0 Å². The highest BCUT2D eigenvalue weighted by Crippen LogP contribution is 2.16. The summed E-state index contributed by atoms with van der Waals surface area (Å²) in [6, 6.07) is 26.1. The van der Waals surface area contributed by atoms with Crippen LogP contribution >= 0.6 is 0 Å². The van der Waals surface area contributed by atoms with Gasteiger partial charge in [0.05, 0.1) is 0 Å². The molecular formula is C37H50. The largest absolute Gasteiger partial charge is 0.0985 e. The van der Waals surface area contributed by atoms with Crippen molar-refractivity contribution in [2.45, 2.75) is 97.3 Å². The minimum absolute atomic E-state index is 1.02. The average Bonchev–Trinajstić information content (AvgIpc) is 2.95. The number of benzene rings is 3. The van der Waals surface area contributed by atoms with Gasteiger partial charge in [-0.1, -0.05) is 170 Å². The first kappa shape index (κ1) is 30.4. The van der Waals surface area contributed by atoms with E-state index < -0.39 is 0 Å². The molecule has 0 nitrogen and oxygen atoms in total. The third kappa shape index (κ3) is 12.8. The molecule has 3 rings (SSSR count). The second-order valence-corrected chi connectivity index (χ2v) is 10.1. The van der Waals surface area contributed by atoms with Crippen LogP contribution in [0.4, 0.5) is 0 Å². The molecule has 0 heterocycles. The van der Waals surface area contributed by atoms with E-state index >= 15 is 0 Å². The van der Waals surface area contributed by atoms with Crippen molar-refractivity contribution in [1.82, 2.24) is 0 Å². The molecule has 0 bridgehead atoms. The zero-order chi connectivity index (χ0) is 26.6.